The van der Waals surface area contributed by atoms with Crippen molar-refractivity contribution in [2.75, 3.05) is 11.9 Å². The molecule has 3 atom stereocenters. The molecule has 0 spiro atoms. The number of nitrogens with two attached hydrogens (primary N) is 1. The van der Waals surface area contributed by atoms with Gasteiger partial charge in [0.1, 0.15) is 11.9 Å². The first-order chi connectivity index (χ1) is 12.7. The van der Waals surface area contributed by atoms with Crippen LogP contribution in [-0.4, -0.2) is 34.4 Å². The minimum atomic E-state index is -0.426. The van der Waals surface area contributed by atoms with Gasteiger partial charge in [-0.05, 0) is 50.2 Å². The van der Waals surface area contributed by atoms with Crippen LogP contribution in [0.1, 0.15) is 48.4 Å². The van der Waals surface area contributed by atoms with E-state index in [9.17, 15) is 4.79 Å². The first kappa shape index (κ1) is 17.2. The molecule has 138 valence electrons. The first-order valence-corrected chi connectivity index (χ1v) is 9.45. The number of nitrogens with zero attached hydrogens (tertiary/aromatic N) is 2. The molecule has 1 unspecified atom stereocenters. The van der Waals surface area contributed by atoms with Crippen molar-refractivity contribution in [2.24, 2.45) is 5.73 Å². The molecule has 0 saturated carbocycles. The predicted molar refractivity (Wildman–Crippen MR) is 100 cm³/mol. The number of ether oxygens (including phenoxy) is 1. The second-order valence-corrected chi connectivity index (χ2v) is 7.28. The molecule has 1 aromatic heterocycles. The Bertz CT molecular complexity index is 801. The highest BCUT2D eigenvalue weighted by Gasteiger charge is 2.32. The molecule has 0 radical (unpaired) electrons. The molecule has 6 heteroatoms. The lowest BCUT2D eigenvalue weighted by molar-refractivity contribution is -0.126. The normalized spacial score (nSPS) is 25.1. The number of carbonyl (C=O) groups is 1. The van der Waals surface area contributed by atoms with Gasteiger partial charge in [0.25, 0.3) is 5.91 Å². The number of anilines is 1. The highest BCUT2D eigenvalue weighted by molar-refractivity contribution is 5.94. The fourth-order valence-electron chi connectivity index (χ4n) is 4.09. The maximum absolute atomic E-state index is 12.7. The van der Waals surface area contributed by atoms with Gasteiger partial charge < -0.3 is 15.8 Å². The van der Waals surface area contributed by atoms with Crippen LogP contribution >= 0.6 is 0 Å². The largest absolute Gasteiger partial charge is 0.364 e. The van der Waals surface area contributed by atoms with Crippen molar-refractivity contribution in [2.45, 2.75) is 57.3 Å². The number of hydrogen-bond donors (Lipinski definition) is 2. The summed E-state index contributed by atoms with van der Waals surface area (Å²) in [6.45, 7) is 2.44. The van der Waals surface area contributed by atoms with E-state index in [0.717, 1.165) is 37.1 Å². The zero-order valence-corrected chi connectivity index (χ0v) is 15.1. The van der Waals surface area contributed by atoms with E-state index in [-0.39, 0.29) is 18.1 Å². The molecular formula is C20H26N4O2. The fraction of sp³-hybridized carbons (Fsp3) is 0.500. The molecule has 6 nitrogen and oxygen atoms in total. The molecule has 2 aliphatic rings. The zero-order valence-electron chi connectivity index (χ0n) is 15.1. The number of benzene rings is 1. The summed E-state index contributed by atoms with van der Waals surface area (Å²) in [7, 11) is 0. The van der Waals surface area contributed by atoms with E-state index in [1.807, 2.05) is 17.8 Å². The van der Waals surface area contributed by atoms with E-state index >= 15 is 0 Å². The van der Waals surface area contributed by atoms with Crippen LogP contribution in [0.15, 0.2) is 30.5 Å². The Kier molecular flexibility index (Phi) is 4.78. The molecule has 1 fully saturated rings. The number of aryl methyl sites for hydroxylation is 2. The summed E-state index contributed by atoms with van der Waals surface area (Å²) in [4.78, 5) is 12.7. The van der Waals surface area contributed by atoms with Crippen LogP contribution in [0.2, 0.25) is 0 Å². The Balaban J connectivity index is 1.58. The number of fused-ring (bicyclic) bond motifs is 1. The van der Waals surface area contributed by atoms with Gasteiger partial charge in [0, 0.05) is 12.1 Å². The standard InChI is InChI=1S/C20H26N4O2/c1-13-12-22-24(17-8-4-6-14-5-2-3-7-16(14)17)19(13)23-20(25)18-10-9-15(11-21)26-18/h2-3,5,7,12,15,17-18H,4,6,8-11,21H2,1H3,(H,23,25)/t15-,17?,18+/m1/s1. The maximum Gasteiger partial charge on any atom is 0.254 e. The minimum absolute atomic E-state index is 0.0121. The summed E-state index contributed by atoms with van der Waals surface area (Å²) < 4.78 is 7.71. The average molecular weight is 354 g/mol. The third kappa shape index (κ3) is 3.15. The van der Waals surface area contributed by atoms with Crippen LogP contribution < -0.4 is 11.1 Å². The van der Waals surface area contributed by atoms with Gasteiger partial charge >= 0.3 is 0 Å². The molecular weight excluding hydrogens is 328 g/mol. The van der Waals surface area contributed by atoms with Crippen molar-refractivity contribution in [3.05, 3.63) is 47.2 Å². The summed E-state index contributed by atoms with van der Waals surface area (Å²) in [5.41, 5.74) is 9.30. The Morgan fingerprint density at radius 3 is 3.00 bits per heavy atom. The second-order valence-electron chi connectivity index (χ2n) is 7.28. The van der Waals surface area contributed by atoms with E-state index in [1.54, 1.807) is 0 Å². The van der Waals surface area contributed by atoms with Crippen LogP contribution in [-0.2, 0) is 16.0 Å². The van der Waals surface area contributed by atoms with Crippen molar-refractivity contribution in [1.82, 2.24) is 9.78 Å². The number of aromatic nitrogens is 2. The molecule has 1 aromatic carbocycles. The first-order valence-electron chi connectivity index (χ1n) is 9.45. The lowest BCUT2D eigenvalue weighted by Crippen LogP contribution is -2.31. The minimum Gasteiger partial charge on any atom is -0.364 e. The molecule has 26 heavy (non-hydrogen) atoms. The van der Waals surface area contributed by atoms with E-state index in [4.69, 9.17) is 10.5 Å². The van der Waals surface area contributed by atoms with E-state index in [1.165, 1.54) is 11.1 Å². The van der Waals surface area contributed by atoms with Gasteiger partial charge in [-0.15, -0.1) is 0 Å². The Labute approximate surface area is 153 Å². The number of amides is 1. The molecule has 1 amide bonds. The highest BCUT2D eigenvalue weighted by atomic mass is 16.5. The van der Waals surface area contributed by atoms with Gasteiger partial charge in [-0.2, -0.15) is 5.10 Å². The van der Waals surface area contributed by atoms with Gasteiger partial charge in [-0.3, -0.25) is 4.79 Å². The maximum atomic E-state index is 12.7. The average Bonchev–Trinajstić information content (AvgIpc) is 3.29. The summed E-state index contributed by atoms with van der Waals surface area (Å²) in [5.74, 6) is 0.673. The molecule has 2 heterocycles. The Morgan fingerprint density at radius 1 is 1.35 bits per heavy atom. The third-order valence-corrected chi connectivity index (χ3v) is 5.52. The zero-order chi connectivity index (χ0) is 18.1. The quantitative estimate of drug-likeness (QED) is 0.884. The molecule has 1 aliphatic carbocycles. The molecule has 2 aromatic rings. The summed E-state index contributed by atoms with van der Waals surface area (Å²) >= 11 is 0. The van der Waals surface area contributed by atoms with Gasteiger partial charge in [0.05, 0.1) is 18.3 Å². The van der Waals surface area contributed by atoms with Crippen molar-refractivity contribution in [3.63, 3.8) is 0 Å². The van der Waals surface area contributed by atoms with Crippen LogP contribution in [0.3, 0.4) is 0 Å². The van der Waals surface area contributed by atoms with Gasteiger partial charge in [0.15, 0.2) is 0 Å². The van der Waals surface area contributed by atoms with Gasteiger partial charge in [-0.1, -0.05) is 24.3 Å². The number of rotatable bonds is 4. The van der Waals surface area contributed by atoms with Crippen molar-refractivity contribution < 1.29 is 9.53 Å². The Morgan fingerprint density at radius 2 is 2.19 bits per heavy atom. The highest BCUT2D eigenvalue weighted by Crippen LogP contribution is 2.35. The molecule has 1 saturated heterocycles. The van der Waals surface area contributed by atoms with Crippen LogP contribution in [0.25, 0.3) is 0 Å². The lowest BCUT2D eigenvalue weighted by atomic mass is 9.88. The van der Waals surface area contributed by atoms with Crippen molar-refractivity contribution in [1.29, 1.82) is 0 Å². The van der Waals surface area contributed by atoms with Crippen LogP contribution in [0, 0.1) is 6.92 Å². The molecule has 4 rings (SSSR count). The summed E-state index contributed by atoms with van der Waals surface area (Å²) in [6.07, 6.45) is 6.19. The van der Waals surface area contributed by atoms with Gasteiger partial charge in [0.2, 0.25) is 0 Å². The van der Waals surface area contributed by atoms with Gasteiger partial charge in [-0.25, -0.2) is 4.68 Å². The predicted octanol–water partition coefficient (Wildman–Crippen LogP) is 2.56. The number of carbonyl (C=O) groups excluding carboxylic acids is 1. The van der Waals surface area contributed by atoms with Crippen molar-refractivity contribution >= 4 is 11.7 Å². The number of nitrogens with one attached hydrogen (secondary N) is 1. The monoisotopic (exact) mass is 354 g/mol. The summed E-state index contributed by atoms with van der Waals surface area (Å²) in [5, 5.41) is 7.66. The van der Waals surface area contributed by atoms with Crippen molar-refractivity contribution in [3.8, 4) is 0 Å². The van der Waals surface area contributed by atoms with Crippen LogP contribution in [0.5, 0.6) is 0 Å². The smallest absolute Gasteiger partial charge is 0.254 e. The SMILES string of the molecule is Cc1cnn(C2CCCc3ccccc32)c1NC(=O)[C@@H]1CC[C@H](CN)O1. The summed E-state index contributed by atoms with van der Waals surface area (Å²) in [6, 6.07) is 8.68. The molecule has 3 N–H and O–H groups in total. The van der Waals surface area contributed by atoms with E-state index in [0.29, 0.717) is 13.0 Å². The fourth-order valence-corrected chi connectivity index (χ4v) is 4.09. The second kappa shape index (κ2) is 7.21. The Hall–Kier alpha value is -2.18. The topological polar surface area (TPSA) is 82.2 Å². The molecule has 0 bridgehead atoms. The number of hydrogen-bond acceptors (Lipinski definition) is 4. The molecule has 1 aliphatic heterocycles. The van der Waals surface area contributed by atoms with E-state index < -0.39 is 6.10 Å². The lowest BCUT2D eigenvalue weighted by Gasteiger charge is -2.27. The van der Waals surface area contributed by atoms with Crippen LogP contribution in [0.4, 0.5) is 5.82 Å². The van der Waals surface area contributed by atoms with E-state index in [2.05, 4.69) is 34.7 Å². The third-order valence-electron chi connectivity index (χ3n) is 5.52.